The Kier molecular flexibility index (Phi) is 3.43. The number of hydrogen-bond acceptors (Lipinski definition) is 1. The molecule has 0 aromatic carbocycles. The number of amides is 1. The van der Waals surface area contributed by atoms with E-state index in [-0.39, 0.29) is 5.91 Å². The fraction of sp³-hybridized carbons (Fsp3) is 0.625. The van der Waals surface area contributed by atoms with Gasteiger partial charge in [-0.2, -0.15) is 0 Å². The zero-order chi connectivity index (χ0) is 8.10. The Labute approximate surface area is 71.8 Å². The fourth-order valence-electron chi connectivity index (χ4n) is 1.11. The summed E-state index contributed by atoms with van der Waals surface area (Å²) in [4.78, 5) is 13.0. The Morgan fingerprint density at radius 3 is 2.91 bits per heavy atom. The molecule has 0 unspecified atom stereocenters. The monoisotopic (exact) mass is 173 g/mol. The molecule has 0 radical (unpaired) electrons. The number of nitrogens with zero attached hydrogens (tertiary/aromatic N) is 1. The van der Waals surface area contributed by atoms with Gasteiger partial charge < -0.3 is 4.90 Å². The second-order valence-electron chi connectivity index (χ2n) is 2.54. The second-order valence-corrected chi connectivity index (χ2v) is 2.92. The molecule has 62 valence electrons. The van der Waals surface area contributed by atoms with Gasteiger partial charge in [0.2, 0.25) is 5.91 Å². The summed E-state index contributed by atoms with van der Waals surface area (Å²) in [7, 11) is 0. The van der Waals surface area contributed by atoms with Crippen LogP contribution in [0.2, 0.25) is 0 Å². The average Bonchev–Trinajstić information content (AvgIpc) is 2.07. The van der Waals surface area contributed by atoms with E-state index in [2.05, 4.69) is 6.08 Å². The molecule has 0 N–H and O–H groups in total. The predicted octanol–water partition coefficient (Wildman–Crippen LogP) is 1.40. The van der Waals surface area contributed by atoms with Gasteiger partial charge >= 0.3 is 0 Å². The van der Waals surface area contributed by atoms with Crippen molar-refractivity contribution < 1.29 is 4.79 Å². The van der Waals surface area contributed by atoms with Crippen LogP contribution in [-0.4, -0.2) is 29.8 Å². The van der Waals surface area contributed by atoms with Gasteiger partial charge in [-0.25, -0.2) is 0 Å². The number of alkyl halides is 1. The van der Waals surface area contributed by atoms with Crippen molar-refractivity contribution in [2.45, 2.75) is 12.8 Å². The third-order valence-electron chi connectivity index (χ3n) is 1.72. The smallest absolute Gasteiger partial charge is 0.224 e. The third kappa shape index (κ3) is 2.54. The minimum atomic E-state index is 0.171. The van der Waals surface area contributed by atoms with E-state index < -0.39 is 0 Å². The summed E-state index contributed by atoms with van der Waals surface area (Å²) in [6, 6.07) is 0. The summed E-state index contributed by atoms with van der Waals surface area (Å²) in [5.74, 6) is 0.600. The van der Waals surface area contributed by atoms with Gasteiger partial charge in [0.25, 0.3) is 0 Å². The summed E-state index contributed by atoms with van der Waals surface area (Å²) >= 11 is 5.45. The minimum Gasteiger partial charge on any atom is -0.339 e. The summed E-state index contributed by atoms with van der Waals surface area (Å²) in [6.07, 6.45) is 5.57. The third-order valence-corrected chi connectivity index (χ3v) is 1.91. The van der Waals surface area contributed by atoms with E-state index in [9.17, 15) is 4.79 Å². The van der Waals surface area contributed by atoms with Gasteiger partial charge in [-0.05, 0) is 6.42 Å². The summed E-state index contributed by atoms with van der Waals surface area (Å²) in [5.41, 5.74) is 0. The Morgan fingerprint density at radius 1 is 1.55 bits per heavy atom. The molecule has 0 spiro atoms. The van der Waals surface area contributed by atoms with Crippen LogP contribution < -0.4 is 0 Å². The second kappa shape index (κ2) is 4.39. The topological polar surface area (TPSA) is 20.3 Å². The van der Waals surface area contributed by atoms with Crippen LogP contribution in [0.15, 0.2) is 12.2 Å². The first-order chi connectivity index (χ1) is 5.34. The van der Waals surface area contributed by atoms with E-state index in [0.717, 1.165) is 19.5 Å². The Balaban J connectivity index is 2.34. The maximum absolute atomic E-state index is 11.2. The molecule has 3 heteroatoms. The number of rotatable bonds is 2. The molecule has 0 saturated heterocycles. The lowest BCUT2D eigenvalue weighted by Gasteiger charge is -2.22. The van der Waals surface area contributed by atoms with Crippen LogP contribution in [0.1, 0.15) is 12.8 Å². The van der Waals surface area contributed by atoms with Gasteiger partial charge in [0.1, 0.15) is 0 Å². The van der Waals surface area contributed by atoms with Crippen molar-refractivity contribution in [2.24, 2.45) is 0 Å². The highest BCUT2D eigenvalue weighted by Crippen LogP contribution is 2.03. The molecule has 0 aromatic heterocycles. The average molecular weight is 174 g/mol. The van der Waals surface area contributed by atoms with Crippen molar-refractivity contribution in [3.05, 3.63) is 12.2 Å². The lowest BCUT2D eigenvalue weighted by atomic mass is 10.2. The molecule has 0 fully saturated rings. The summed E-state index contributed by atoms with van der Waals surface area (Å²) in [5, 5.41) is 0. The normalized spacial score (nSPS) is 17.0. The number of hydrogen-bond donors (Lipinski definition) is 0. The Morgan fingerprint density at radius 2 is 2.36 bits per heavy atom. The first-order valence-electron chi connectivity index (χ1n) is 3.83. The van der Waals surface area contributed by atoms with Crippen LogP contribution in [0.3, 0.4) is 0 Å². The van der Waals surface area contributed by atoms with Gasteiger partial charge in [0.05, 0.1) is 0 Å². The number of carbonyl (C=O) groups is 1. The zero-order valence-electron chi connectivity index (χ0n) is 6.42. The molecular weight excluding hydrogens is 162 g/mol. The first kappa shape index (κ1) is 8.60. The maximum atomic E-state index is 11.2. The molecule has 0 aromatic rings. The predicted molar refractivity (Wildman–Crippen MR) is 45.7 cm³/mol. The van der Waals surface area contributed by atoms with Crippen molar-refractivity contribution in [3.63, 3.8) is 0 Å². The number of halogens is 1. The van der Waals surface area contributed by atoms with Crippen LogP contribution in [-0.2, 0) is 4.79 Å². The van der Waals surface area contributed by atoms with E-state index in [0.29, 0.717) is 12.3 Å². The molecule has 1 aliphatic heterocycles. The number of carbonyl (C=O) groups excluding carboxylic acids is 1. The Bertz CT molecular complexity index is 167. The lowest BCUT2D eigenvalue weighted by molar-refractivity contribution is -0.130. The quantitative estimate of drug-likeness (QED) is 0.457. The molecule has 11 heavy (non-hydrogen) atoms. The first-order valence-corrected chi connectivity index (χ1v) is 4.37. The SMILES string of the molecule is O=C(CCCl)N1CC=CCC1. The highest BCUT2D eigenvalue weighted by atomic mass is 35.5. The van der Waals surface area contributed by atoms with E-state index >= 15 is 0 Å². The summed E-state index contributed by atoms with van der Waals surface area (Å²) in [6.45, 7) is 1.61. The van der Waals surface area contributed by atoms with Crippen molar-refractivity contribution in [2.75, 3.05) is 19.0 Å². The van der Waals surface area contributed by atoms with Gasteiger partial charge in [-0.1, -0.05) is 12.2 Å². The van der Waals surface area contributed by atoms with Gasteiger partial charge in [0.15, 0.2) is 0 Å². The molecule has 1 rings (SSSR count). The summed E-state index contributed by atoms with van der Waals surface area (Å²) < 4.78 is 0. The maximum Gasteiger partial charge on any atom is 0.224 e. The van der Waals surface area contributed by atoms with Crippen LogP contribution in [0.5, 0.6) is 0 Å². The van der Waals surface area contributed by atoms with Gasteiger partial charge in [-0.15, -0.1) is 11.6 Å². The van der Waals surface area contributed by atoms with E-state index in [4.69, 9.17) is 11.6 Å². The molecule has 1 amide bonds. The van der Waals surface area contributed by atoms with E-state index in [1.165, 1.54) is 0 Å². The molecule has 0 atom stereocenters. The highest BCUT2D eigenvalue weighted by molar-refractivity contribution is 6.18. The van der Waals surface area contributed by atoms with Crippen LogP contribution in [0, 0.1) is 0 Å². The van der Waals surface area contributed by atoms with E-state index in [1.54, 1.807) is 0 Å². The lowest BCUT2D eigenvalue weighted by Crippen LogP contribution is -2.33. The van der Waals surface area contributed by atoms with Crippen molar-refractivity contribution >= 4 is 17.5 Å². The van der Waals surface area contributed by atoms with Crippen LogP contribution in [0.25, 0.3) is 0 Å². The molecule has 2 nitrogen and oxygen atoms in total. The zero-order valence-corrected chi connectivity index (χ0v) is 7.18. The minimum absolute atomic E-state index is 0.171. The molecular formula is C8H12ClNO. The van der Waals surface area contributed by atoms with Crippen molar-refractivity contribution in [3.8, 4) is 0 Å². The molecule has 0 aliphatic carbocycles. The van der Waals surface area contributed by atoms with Crippen molar-refractivity contribution in [1.29, 1.82) is 0 Å². The fourth-order valence-corrected chi connectivity index (χ4v) is 1.27. The van der Waals surface area contributed by atoms with Gasteiger partial charge in [-0.3, -0.25) is 4.79 Å². The Hall–Kier alpha value is -0.500. The van der Waals surface area contributed by atoms with Crippen molar-refractivity contribution in [1.82, 2.24) is 4.90 Å². The highest BCUT2D eigenvalue weighted by Gasteiger charge is 2.11. The van der Waals surface area contributed by atoms with E-state index in [1.807, 2.05) is 11.0 Å². The molecule has 1 heterocycles. The molecule has 1 aliphatic rings. The van der Waals surface area contributed by atoms with Crippen LogP contribution >= 0.6 is 11.6 Å². The van der Waals surface area contributed by atoms with Gasteiger partial charge in [0, 0.05) is 25.4 Å². The largest absolute Gasteiger partial charge is 0.339 e. The standard InChI is InChI=1S/C8H12ClNO/c9-5-4-8(11)10-6-2-1-3-7-10/h1-2H,3-7H2. The molecule has 0 saturated carbocycles. The van der Waals surface area contributed by atoms with Crippen LogP contribution in [0.4, 0.5) is 0 Å². The molecule has 0 bridgehead atoms.